The summed E-state index contributed by atoms with van der Waals surface area (Å²) in [6.07, 6.45) is 1.93. The molecule has 0 bridgehead atoms. The van der Waals surface area contributed by atoms with E-state index in [1.165, 1.54) is 0 Å². The number of aryl methyl sites for hydroxylation is 1. The van der Waals surface area contributed by atoms with Gasteiger partial charge in [0, 0.05) is 21.5 Å². The summed E-state index contributed by atoms with van der Waals surface area (Å²) in [5, 5.41) is 19.0. The third-order valence-corrected chi connectivity index (χ3v) is 5.97. The number of nitrogens with one attached hydrogen (secondary N) is 2. The molecule has 1 heterocycles. The first kappa shape index (κ1) is 21.3. The van der Waals surface area contributed by atoms with Crippen molar-refractivity contribution in [2.75, 3.05) is 11.6 Å². The van der Waals surface area contributed by atoms with Gasteiger partial charge in [-0.05, 0) is 55.2 Å². The van der Waals surface area contributed by atoms with Gasteiger partial charge in [-0.15, -0.1) is 23.1 Å². The maximum atomic E-state index is 11.3. The molecule has 5 nitrogen and oxygen atoms in total. The molecule has 0 amide bonds. The van der Waals surface area contributed by atoms with Crippen molar-refractivity contribution >= 4 is 52.1 Å². The zero-order chi connectivity index (χ0) is 20.8. The summed E-state index contributed by atoms with van der Waals surface area (Å²) in [6.45, 7) is 1.98. The average Bonchev–Trinajstić information content (AvgIpc) is 3.14. The van der Waals surface area contributed by atoms with Crippen LogP contribution in [0.25, 0.3) is 11.3 Å². The lowest BCUT2D eigenvalue weighted by molar-refractivity contribution is -0.137. The Morgan fingerprint density at radius 1 is 1.28 bits per heavy atom. The molecule has 0 saturated carbocycles. The number of aliphatic carboxylic acids is 1. The molecule has 150 valence electrons. The van der Waals surface area contributed by atoms with Gasteiger partial charge in [0.25, 0.3) is 0 Å². The highest BCUT2D eigenvalue weighted by Gasteiger charge is 2.17. The molecule has 3 rings (SSSR count). The normalized spacial score (nSPS) is 11.7. The summed E-state index contributed by atoms with van der Waals surface area (Å²) in [7, 11) is 0. The number of hydrogen-bond donors (Lipinski definition) is 3. The smallest absolute Gasteiger partial charge is 0.305 e. The van der Waals surface area contributed by atoms with Gasteiger partial charge >= 0.3 is 5.97 Å². The molecule has 0 aliphatic heterocycles. The highest BCUT2D eigenvalue weighted by Crippen LogP contribution is 2.25. The van der Waals surface area contributed by atoms with E-state index in [2.05, 4.69) is 15.6 Å². The van der Waals surface area contributed by atoms with Crippen LogP contribution in [0.15, 0.2) is 58.8 Å². The lowest BCUT2D eigenvalue weighted by atomic mass is 10.0. The maximum Gasteiger partial charge on any atom is 0.305 e. The standard InChI is InChI=1S/C21H21N3O2S3/c1-13-22-19(12-29-13)15-4-3-5-16(10-15)23-21(27)24-18(11-20(25)26)14-6-8-17(28-2)9-7-14/h3-10,12,18H,11H2,1-2H3,(H,25,26)(H2,23,24,27)/t18-/m0/s1. The summed E-state index contributed by atoms with van der Waals surface area (Å²) in [4.78, 5) is 17.0. The molecule has 1 atom stereocenters. The Labute approximate surface area is 183 Å². The first-order valence-corrected chi connectivity index (χ1v) is 11.4. The predicted octanol–water partition coefficient (Wildman–Crippen LogP) is 5.34. The quantitative estimate of drug-likeness (QED) is 0.336. The molecular formula is C21H21N3O2S3. The van der Waals surface area contributed by atoms with Gasteiger partial charge in [-0.25, -0.2) is 4.98 Å². The van der Waals surface area contributed by atoms with Crippen LogP contribution in [0.3, 0.4) is 0 Å². The molecule has 0 saturated heterocycles. The SMILES string of the molecule is CSc1ccc([C@H](CC(=O)O)NC(=S)Nc2cccc(-c3csc(C)n3)c2)cc1. The molecule has 0 aliphatic rings. The lowest BCUT2D eigenvalue weighted by Crippen LogP contribution is -2.33. The molecule has 3 aromatic rings. The van der Waals surface area contributed by atoms with Crippen LogP contribution in [-0.4, -0.2) is 27.4 Å². The first-order chi connectivity index (χ1) is 13.9. The van der Waals surface area contributed by atoms with Crippen LogP contribution in [-0.2, 0) is 4.79 Å². The molecular weight excluding hydrogens is 422 g/mol. The Kier molecular flexibility index (Phi) is 7.24. The summed E-state index contributed by atoms with van der Waals surface area (Å²) in [6, 6.07) is 15.2. The Hall–Kier alpha value is -2.42. The summed E-state index contributed by atoms with van der Waals surface area (Å²) in [5.74, 6) is -0.889. The van der Waals surface area contributed by atoms with E-state index >= 15 is 0 Å². The van der Waals surface area contributed by atoms with Gasteiger partial charge in [0.2, 0.25) is 0 Å². The third kappa shape index (κ3) is 6.03. The minimum Gasteiger partial charge on any atom is -0.481 e. The number of anilines is 1. The van der Waals surface area contributed by atoms with Crippen molar-refractivity contribution in [2.45, 2.75) is 24.3 Å². The van der Waals surface area contributed by atoms with Crippen LogP contribution in [0.2, 0.25) is 0 Å². The number of benzene rings is 2. The second-order valence-corrected chi connectivity index (χ2v) is 8.70. The van der Waals surface area contributed by atoms with E-state index in [4.69, 9.17) is 12.2 Å². The Morgan fingerprint density at radius 2 is 2.03 bits per heavy atom. The van der Waals surface area contributed by atoms with Gasteiger partial charge < -0.3 is 15.7 Å². The number of hydrogen-bond acceptors (Lipinski definition) is 5. The maximum absolute atomic E-state index is 11.3. The highest BCUT2D eigenvalue weighted by molar-refractivity contribution is 7.98. The van der Waals surface area contributed by atoms with Crippen molar-refractivity contribution in [2.24, 2.45) is 0 Å². The van der Waals surface area contributed by atoms with Crippen molar-refractivity contribution in [1.82, 2.24) is 10.3 Å². The van der Waals surface area contributed by atoms with E-state index in [0.717, 1.165) is 32.4 Å². The molecule has 0 unspecified atom stereocenters. The molecule has 0 spiro atoms. The van der Waals surface area contributed by atoms with Crippen molar-refractivity contribution < 1.29 is 9.90 Å². The van der Waals surface area contributed by atoms with Crippen LogP contribution < -0.4 is 10.6 Å². The third-order valence-electron chi connectivity index (χ3n) is 4.24. The van der Waals surface area contributed by atoms with Gasteiger partial charge in [-0.3, -0.25) is 4.79 Å². The second kappa shape index (κ2) is 9.87. The molecule has 3 N–H and O–H groups in total. The van der Waals surface area contributed by atoms with E-state index in [-0.39, 0.29) is 6.42 Å². The Balaban J connectivity index is 1.72. The van der Waals surface area contributed by atoms with Crippen molar-refractivity contribution in [3.8, 4) is 11.3 Å². The number of thioether (sulfide) groups is 1. The Morgan fingerprint density at radius 3 is 2.66 bits per heavy atom. The number of carbonyl (C=O) groups is 1. The van der Waals surface area contributed by atoms with Gasteiger partial charge in [-0.1, -0.05) is 24.3 Å². The highest BCUT2D eigenvalue weighted by atomic mass is 32.2. The van der Waals surface area contributed by atoms with Crippen LogP contribution in [0.1, 0.15) is 23.0 Å². The van der Waals surface area contributed by atoms with Crippen molar-refractivity contribution in [3.05, 3.63) is 64.5 Å². The fourth-order valence-corrected chi connectivity index (χ4v) is 4.13. The number of nitrogens with zero attached hydrogens (tertiary/aromatic N) is 1. The number of carboxylic acid groups (broad SMARTS) is 1. The minimum atomic E-state index is -0.889. The predicted molar refractivity (Wildman–Crippen MR) is 125 cm³/mol. The van der Waals surface area contributed by atoms with Gasteiger partial charge in [0.1, 0.15) is 0 Å². The van der Waals surface area contributed by atoms with E-state index < -0.39 is 12.0 Å². The monoisotopic (exact) mass is 443 g/mol. The van der Waals surface area contributed by atoms with E-state index in [1.807, 2.05) is 67.1 Å². The van der Waals surface area contributed by atoms with Gasteiger partial charge in [0.05, 0.1) is 23.2 Å². The second-order valence-electron chi connectivity index (χ2n) is 6.35. The molecule has 29 heavy (non-hydrogen) atoms. The van der Waals surface area contributed by atoms with Crippen LogP contribution >= 0.6 is 35.3 Å². The van der Waals surface area contributed by atoms with Crippen LogP contribution in [0.4, 0.5) is 5.69 Å². The zero-order valence-corrected chi connectivity index (χ0v) is 18.5. The number of thiazole rings is 1. The Bertz CT molecular complexity index is 1000. The van der Waals surface area contributed by atoms with E-state index in [0.29, 0.717) is 5.11 Å². The van der Waals surface area contributed by atoms with Crippen molar-refractivity contribution in [3.63, 3.8) is 0 Å². The van der Waals surface area contributed by atoms with Crippen LogP contribution in [0.5, 0.6) is 0 Å². The number of carboxylic acids is 1. The number of rotatable bonds is 7. The topological polar surface area (TPSA) is 74.2 Å². The number of thiocarbonyl (C=S) groups is 1. The fraction of sp³-hybridized carbons (Fsp3) is 0.190. The van der Waals surface area contributed by atoms with Crippen molar-refractivity contribution in [1.29, 1.82) is 0 Å². The first-order valence-electron chi connectivity index (χ1n) is 8.90. The van der Waals surface area contributed by atoms with E-state index in [1.54, 1.807) is 23.1 Å². The fourth-order valence-electron chi connectivity index (χ4n) is 2.84. The zero-order valence-electron chi connectivity index (χ0n) is 16.0. The summed E-state index contributed by atoms with van der Waals surface area (Å²) < 4.78 is 0. The summed E-state index contributed by atoms with van der Waals surface area (Å²) in [5.41, 5.74) is 3.61. The van der Waals surface area contributed by atoms with Gasteiger partial charge in [-0.2, -0.15) is 0 Å². The summed E-state index contributed by atoms with van der Waals surface area (Å²) >= 11 is 8.69. The molecule has 8 heteroatoms. The molecule has 0 radical (unpaired) electrons. The largest absolute Gasteiger partial charge is 0.481 e. The average molecular weight is 444 g/mol. The molecule has 1 aromatic heterocycles. The molecule has 2 aromatic carbocycles. The van der Waals surface area contributed by atoms with Gasteiger partial charge in [0.15, 0.2) is 5.11 Å². The van der Waals surface area contributed by atoms with Crippen LogP contribution in [0, 0.1) is 6.92 Å². The molecule has 0 aliphatic carbocycles. The minimum absolute atomic E-state index is 0.0709. The number of aromatic nitrogens is 1. The lowest BCUT2D eigenvalue weighted by Gasteiger charge is -2.20. The van der Waals surface area contributed by atoms with E-state index in [9.17, 15) is 9.90 Å². The molecule has 0 fully saturated rings.